The molecule has 0 aliphatic carbocycles. The number of hydrogen-bond acceptors (Lipinski definition) is 7. The van der Waals surface area contributed by atoms with E-state index in [1.807, 2.05) is 19.0 Å². The lowest BCUT2D eigenvalue weighted by molar-refractivity contribution is -0.150. The van der Waals surface area contributed by atoms with Gasteiger partial charge in [-0.2, -0.15) is 0 Å². The second kappa shape index (κ2) is 40.0. The Morgan fingerprint density at radius 3 is 1.56 bits per heavy atom. The molecule has 0 aromatic carbocycles. The highest BCUT2D eigenvalue weighted by Gasteiger charge is 2.27. The van der Waals surface area contributed by atoms with Crippen LogP contribution in [0.4, 0.5) is 0 Å². The maximum absolute atomic E-state index is 13.0. The van der Waals surface area contributed by atoms with Crippen LogP contribution in [0.25, 0.3) is 0 Å². The number of hydrogen-bond donors (Lipinski definition) is 0. The molecule has 2 unspecified atom stereocenters. The number of ether oxygens (including phenoxy) is 3. The Hall–Kier alpha value is -1.44. The van der Waals surface area contributed by atoms with Crippen molar-refractivity contribution >= 4 is 11.9 Å². The monoisotopic (exact) mass is 805 g/mol. The van der Waals surface area contributed by atoms with E-state index in [1.165, 1.54) is 154 Å². The Morgan fingerprint density at radius 1 is 0.596 bits per heavy atom. The van der Waals surface area contributed by atoms with E-state index in [4.69, 9.17) is 14.2 Å². The Kier molecular flexibility index (Phi) is 37.6. The van der Waals surface area contributed by atoms with Crippen LogP contribution >= 0.6 is 0 Å². The molecule has 7 nitrogen and oxygen atoms in total. The number of carbonyl (C=O) groups excluding carboxylic acids is 2. The molecule has 0 spiro atoms. The van der Waals surface area contributed by atoms with E-state index < -0.39 is 0 Å². The maximum Gasteiger partial charge on any atom is 0.307 e. The van der Waals surface area contributed by atoms with Gasteiger partial charge in [0.15, 0.2) is 0 Å². The van der Waals surface area contributed by atoms with E-state index in [-0.39, 0.29) is 30.3 Å². The summed E-state index contributed by atoms with van der Waals surface area (Å²) < 4.78 is 18.4. The highest BCUT2D eigenvalue weighted by atomic mass is 16.5. The van der Waals surface area contributed by atoms with Gasteiger partial charge in [0.1, 0.15) is 12.7 Å². The number of morpholine rings is 1. The van der Waals surface area contributed by atoms with Crippen LogP contribution in [0, 0.1) is 0 Å². The van der Waals surface area contributed by atoms with Crippen molar-refractivity contribution in [2.45, 2.75) is 251 Å². The molecule has 7 heteroatoms. The smallest absolute Gasteiger partial charge is 0.307 e. The summed E-state index contributed by atoms with van der Waals surface area (Å²) in [4.78, 5) is 29.7. The molecule has 1 fully saturated rings. The summed E-state index contributed by atoms with van der Waals surface area (Å²) in [6.45, 7) is 10.5. The molecule has 57 heavy (non-hydrogen) atoms. The lowest BCUT2D eigenvalue weighted by atomic mass is 10.0. The fourth-order valence-electron chi connectivity index (χ4n) is 8.08. The number of rotatable bonds is 41. The van der Waals surface area contributed by atoms with Crippen LogP contribution in [-0.4, -0.2) is 86.9 Å². The molecular weight excluding hydrogens is 709 g/mol. The number of carbonyl (C=O) groups is 2. The van der Waals surface area contributed by atoms with Crippen LogP contribution in [0.1, 0.15) is 233 Å². The maximum atomic E-state index is 13.0. The van der Waals surface area contributed by atoms with Gasteiger partial charge in [0.2, 0.25) is 0 Å². The zero-order valence-corrected chi connectivity index (χ0v) is 38.7. The fourth-order valence-corrected chi connectivity index (χ4v) is 8.08. The zero-order chi connectivity index (χ0) is 41.4. The van der Waals surface area contributed by atoms with Gasteiger partial charge in [0.25, 0.3) is 0 Å². The molecule has 1 aliphatic rings. The van der Waals surface area contributed by atoms with Gasteiger partial charge in [0.05, 0.1) is 18.6 Å². The first-order valence-electron chi connectivity index (χ1n) is 24.9. The number of unbranched alkanes of at least 4 members (excludes halogenated alkanes) is 22. The largest absolute Gasteiger partial charge is 0.464 e. The minimum absolute atomic E-state index is 0.00133. The van der Waals surface area contributed by atoms with Crippen molar-refractivity contribution in [2.75, 3.05) is 46.9 Å². The molecule has 0 N–H and O–H groups in total. The molecular formula is C50H96N2O5. The highest BCUT2D eigenvalue weighted by Crippen LogP contribution is 2.22. The van der Waals surface area contributed by atoms with Crippen LogP contribution in [0.15, 0.2) is 12.2 Å². The summed E-state index contributed by atoms with van der Waals surface area (Å²) in [5.74, 6) is -0.113. The van der Waals surface area contributed by atoms with Gasteiger partial charge in [-0.25, -0.2) is 0 Å². The summed E-state index contributed by atoms with van der Waals surface area (Å²) >= 11 is 0. The van der Waals surface area contributed by atoms with Gasteiger partial charge in [-0.1, -0.05) is 161 Å². The van der Waals surface area contributed by atoms with Crippen LogP contribution < -0.4 is 0 Å². The van der Waals surface area contributed by atoms with E-state index >= 15 is 0 Å². The zero-order valence-electron chi connectivity index (χ0n) is 38.7. The van der Waals surface area contributed by atoms with Gasteiger partial charge < -0.3 is 19.1 Å². The Labute approximate surface area is 354 Å². The van der Waals surface area contributed by atoms with Crippen molar-refractivity contribution in [2.24, 2.45) is 0 Å². The van der Waals surface area contributed by atoms with Crippen LogP contribution in [0.5, 0.6) is 0 Å². The lowest BCUT2D eigenvalue weighted by Gasteiger charge is -2.38. The first-order chi connectivity index (χ1) is 27.9. The van der Waals surface area contributed by atoms with Gasteiger partial charge in [-0.15, -0.1) is 0 Å². The van der Waals surface area contributed by atoms with E-state index in [2.05, 4.69) is 37.8 Å². The average Bonchev–Trinajstić information content (AvgIpc) is 3.19. The number of allylic oxidation sites excluding steroid dienone is 2. The fraction of sp³-hybridized carbons (Fsp3) is 0.920. The topological polar surface area (TPSA) is 68.3 Å². The molecule has 1 rings (SSSR count). The third-order valence-electron chi connectivity index (χ3n) is 11.7. The van der Waals surface area contributed by atoms with Crippen molar-refractivity contribution in [1.29, 1.82) is 0 Å². The van der Waals surface area contributed by atoms with Crippen molar-refractivity contribution < 1.29 is 23.8 Å². The Bertz CT molecular complexity index is 910. The highest BCUT2D eigenvalue weighted by molar-refractivity contribution is 5.69. The average molecular weight is 805 g/mol. The minimum atomic E-state index is -0.114. The number of esters is 2. The Balaban J connectivity index is 2.46. The Morgan fingerprint density at radius 2 is 1.05 bits per heavy atom. The minimum Gasteiger partial charge on any atom is -0.464 e. The van der Waals surface area contributed by atoms with Gasteiger partial charge in [-0.3, -0.25) is 14.5 Å². The van der Waals surface area contributed by atoms with E-state index in [0.29, 0.717) is 26.0 Å². The van der Waals surface area contributed by atoms with Crippen molar-refractivity contribution in [1.82, 2.24) is 9.80 Å². The van der Waals surface area contributed by atoms with Crippen molar-refractivity contribution in [3.05, 3.63) is 12.2 Å². The van der Waals surface area contributed by atoms with Crippen molar-refractivity contribution in [3.8, 4) is 0 Å². The molecule has 1 aliphatic heterocycles. The molecule has 336 valence electrons. The van der Waals surface area contributed by atoms with Crippen LogP contribution in [0.2, 0.25) is 0 Å². The quantitative estimate of drug-likeness (QED) is 0.0346. The third kappa shape index (κ3) is 35.1. The molecule has 0 aromatic rings. The molecule has 1 saturated heterocycles. The summed E-state index contributed by atoms with van der Waals surface area (Å²) in [5.41, 5.74) is 0. The van der Waals surface area contributed by atoms with Crippen LogP contribution in [0.3, 0.4) is 0 Å². The molecule has 1 heterocycles. The third-order valence-corrected chi connectivity index (χ3v) is 11.7. The van der Waals surface area contributed by atoms with E-state index in [0.717, 1.165) is 64.6 Å². The first-order valence-corrected chi connectivity index (χ1v) is 24.9. The second-order valence-corrected chi connectivity index (χ2v) is 17.8. The van der Waals surface area contributed by atoms with E-state index in [9.17, 15) is 9.59 Å². The summed E-state index contributed by atoms with van der Waals surface area (Å²) in [6, 6.07) is 0. The molecule has 0 amide bonds. The van der Waals surface area contributed by atoms with Gasteiger partial charge in [0, 0.05) is 32.6 Å². The normalized spacial score (nSPS) is 16.3. The summed E-state index contributed by atoms with van der Waals surface area (Å²) in [5, 5.41) is 0. The second-order valence-electron chi connectivity index (χ2n) is 17.8. The van der Waals surface area contributed by atoms with Gasteiger partial charge in [-0.05, 0) is 84.7 Å². The molecule has 0 saturated carbocycles. The summed E-state index contributed by atoms with van der Waals surface area (Å²) in [6.07, 6.45) is 44.4. The van der Waals surface area contributed by atoms with Crippen LogP contribution in [-0.2, 0) is 23.8 Å². The van der Waals surface area contributed by atoms with Crippen molar-refractivity contribution in [3.63, 3.8) is 0 Å². The lowest BCUT2D eigenvalue weighted by Crippen LogP contribution is -2.48. The van der Waals surface area contributed by atoms with E-state index in [1.54, 1.807) is 0 Å². The standard InChI is InChI=1S/C50H96N2O5/c1-6-9-12-15-18-19-20-21-22-23-24-25-28-32-37-47-44-52(42-43-55-49(53)40-41-51(4)5)45-48(56-47)38-33-29-34-39-50(54)57-46(35-30-26-16-13-10-7-2)36-31-27-17-14-11-8-3/h21-22,46-48H,6-20,23-45H2,1-5H3/b22-21-. The first kappa shape index (κ1) is 53.6. The predicted octanol–water partition coefficient (Wildman–Crippen LogP) is 13.6. The molecule has 0 radical (unpaired) electrons. The molecule has 2 atom stereocenters. The summed E-state index contributed by atoms with van der Waals surface area (Å²) in [7, 11) is 3.96. The molecule has 0 bridgehead atoms. The van der Waals surface area contributed by atoms with Gasteiger partial charge >= 0.3 is 11.9 Å². The predicted molar refractivity (Wildman–Crippen MR) is 243 cm³/mol. The number of nitrogens with zero attached hydrogens (tertiary/aromatic N) is 2. The SMILES string of the molecule is CCCCCCCC/C=C\CCCCCCC1CN(CCOC(=O)CCN(C)C)CC(CCCCCC(=O)OC(CCCCCCCC)CCCCCCCC)O1. The molecule has 0 aromatic heterocycles.